The highest BCUT2D eigenvalue weighted by Crippen LogP contribution is 2.13. The van der Waals surface area contributed by atoms with Crippen molar-refractivity contribution in [2.75, 3.05) is 0 Å². The highest BCUT2D eigenvalue weighted by Gasteiger charge is 2.28. The highest BCUT2D eigenvalue weighted by molar-refractivity contribution is 7.89. The quantitative estimate of drug-likeness (QED) is 0.687. The van der Waals surface area contributed by atoms with Gasteiger partial charge in [0.25, 0.3) is 0 Å². The molecule has 1 aromatic rings. The van der Waals surface area contributed by atoms with Gasteiger partial charge in [0.1, 0.15) is 0 Å². The standard InChI is InChI=1S/C13H22BNO4S/c1-5-6-10-7-8-12(11(9-10)14(16)17)20(18,19)15-13(2,3)4/h7-9,15-17H,5-6H2,1-4H3. The molecule has 0 radical (unpaired) electrons. The topological polar surface area (TPSA) is 86.6 Å². The molecule has 0 saturated carbocycles. The molecule has 112 valence electrons. The number of rotatable bonds is 5. The van der Waals surface area contributed by atoms with Gasteiger partial charge in [0.05, 0.1) is 4.90 Å². The maximum Gasteiger partial charge on any atom is 0.489 e. The van der Waals surface area contributed by atoms with E-state index in [0.29, 0.717) is 0 Å². The van der Waals surface area contributed by atoms with Crippen LogP contribution in [0.4, 0.5) is 0 Å². The lowest BCUT2D eigenvalue weighted by atomic mass is 9.79. The molecule has 5 nitrogen and oxygen atoms in total. The van der Waals surface area contributed by atoms with E-state index < -0.39 is 22.7 Å². The molecule has 0 fully saturated rings. The Morgan fingerprint density at radius 2 is 1.85 bits per heavy atom. The molecular weight excluding hydrogens is 277 g/mol. The van der Waals surface area contributed by atoms with Gasteiger partial charge in [-0.05, 0) is 38.8 Å². The van der Waals surface area contributed by atoms with E-state index in [1.165, 1.54) is 12.1 Å². The van der Waals surface area contributed by atoms with Gasteiger partial charge in [-0.25, -0.2) is 13.1 Å². The van der Waals surface area contributed by atoms with E-state index in [1.807, 2.05) is 6.92 Å². The van der Waals surface area contributed by atoms with Gasteiger partial charge in [0, 0.05) is 11.0 Å². The van der Waals surface area contributed by atoms with Crippen molar-refractivity contribution in [3.05, 3.63) is 23.8 Å². The molecule has 0 aliphatic rings. The second-order valence-corrected chi connectivity index (χ2v) is 7.50. The SMILES string of the molecule is CCCc1ccc(S(=O)(=O)NC(C)(C)C)c(B(O)O)c1. The van der Waals surface area contributed by atoms with Crippen molar-refractivity contribution in [2.45, 2.75) is 51.0 Å². The van der Waals surface area contributed by atoms with Gasteiger partial charge in [0.15, 0.2) is 0 Å². The molecule has 0 aromatic heterocycles. The zero-order valence-electron chi connectivity index (χ0n) is 12.3. The van der Waals surface area contributed by atoms with Crippen molar-refractivity contribution < 1.29 is 18.5 Å². The summed E-state index contributed by atoms with van der Waals surface area (Å²) in [5.74, 6) is 0. The normalized spacial score (nSPS) is 12.5. The Labute approximate surface area is 121 Å². The van der Waals surface area contributed by atoms with E-state index in [4.69, 9.17) is 0 Å². The zero-order chi connectivity index (χ0) is 15.6. The van der Waals surface area contributed by atoms with Crippen molar-refractivity contribution in [2.24, 2.45) is 0 Å². The van der Waals surface area contributed by atoms with Crippen LogP contribution in [0.3, 0.4) is 0 Å². The van der Waals surface area contributed by atoms with Gasteiger partial charge < -0.3 is 10.0 Å². The van der Waals surface area contributed by atoms with Gasteiger partial charge in [0.2, 0.25) is 10.0 Å². The molecule has 0 atom stereocenters. The molecular formula is C13H22BNO4S. The van der Waals surface area contributed by atoms with Crippen LogP contribution < -0.4 is 10.2 Å². The minimum Gasteiger partial charge on any atom is -0.423 e. The van der Waals surface area contributed by atoms with Crippen molar-refractivity contribution in [1.82, 2.24) is 4.72 Å². The van der Waals surface area contributed by atoms with Crippen LogP contribution in [0.25, 0.3) is 0 Å². The molecule has 0 bridgehead atoms. The van der Waals surface area contributed by atoms with Crippen molar-refractivity contribution in [1.29, 1.82) is 0 Å². The first-order chi connectivity index (χ1) is 9.07. The number of benzene rings is 1. The van der Waals surface area contributed by atoms with Gasteiger partial charge in [-0.15, -0.1) is 0 Å². The molecule has 0 aliphatic heterocycles. The summed E-state index contributed by atoms with van der Waals surface area (Å²) in [7, 11) is -5.62. The third-order valence-electron chi connectivity index (χ3n) is 2.62. The summed E-state index contributed by atoms with van der Waals surface area (Å²) in [5.41, 5.74) is 0.247. The van der Waals surface area contributed by atoms with Gasteiger partial charge in [-0.1, -0.05) is 25.5 Å². The van der Waals surface area contributed by atoms with Gasteiger partial charge in [-0.2, -0.15) is 0 Å². The summed E-state index contributed by atoms with van der Waals surface area (Å²) in [6.45, 7) is 7.18. The summed E-state index contributed by atoms with van der Waals surface area (Å²) in [6, 6.07) is 4.66. The lowest BCUT2D eigenvalue weighted by Crippen LogP contribution is -2.44. The number of nitrogens with one attached hydrogen (secondary N) is 1. The van der Waals surface area contributed by atoms with E-state index >= 15 is 0 Å². The minimum atomic E-state index is -3.80. The Kier molecular flexibility index (Phi) is 5.37. The van der Waals surface area contributed by atoms with Crippen LogP contribution in [0.1, 0.15) is 39.7 Å². The Morgan fingerprint density at radius 1 is 1.25 bits per heavy atom. The molecule has 3 N–H and O–H groups in total. The maximum atomic E-state index is 12.3. The van der Waals surface area contributed by atoms with Crippen LogP contribution in [0.15, 0.2) is 23.1 Å². The molecule has 0 spiro atoms. The number of hydrogen-bond acceptors (Lipinski definition) is 4. The van der Waals surface area contributed by atoms with E-state index in [1.54, 1.807) is 26.8 Å². The smallest absolute Gasteiger partial charge is 0.423 e. The average molecular weight is 299 g/mol. The number of hydrogen-bond donors (Lipinski definition) is 3. The fourth-order valence-corrected chi connectivity index (χ4v) is 3.58. The van der Waals surface area contributed by atoms with Crippen LogP contribution in [-0.4, -0.2) is 31.1 Å². The highest BCUT2D eigenvalue weighted by atomic mass is 32.2. The van der Waals surface area contributed by atoms with E-state index in [2.05, 4.69) is 4.72 Å². The summed E-state index contributed by atoms with van der Waals surface area (Å²) in [5, 5.41) is 18.8. The van der Waals surface area contributed by atoms with Crippen LogP contribution >= 0.6 is 0 Å². The van der Waals surface area contributed by atoms with Crippen LogP contribution in [-0.2, 0) is 16.4 Å². The average Bonchev–Trinajstić information content (AvgIpc) is 2.25. The fourth-order valence-electron chi connectivity index (χ4n) is 1.95. The Bertz CT molecular complexity index is 564. The summed E-state index contributed by atoms with van der Waals surface area (Å²) < 4.78 is 27.1. The molecule has 1 aromatic carbocycles. The van der Waals surface area contributed by atoms with Gasteiger partial charge in [-0.3, -0.25) is 0 Å². The molecule has 20 heavy (non-hydrogen) atoms. The van der Waals surface area contributed by atoms with Crippen molar-refractivity contribution in [3.63, 3.8) is 0 Å². The first-order valence-electron chi connectivity index (χ1n) is 6.60. The van der Waals surface area contributed by atoms with Crippen molar-refractivity contribution >= 4 is 22.6 Å². The monoisotopic (exact) mass is 299 g/mol. The summed E-state index contributed by atoms with van der Waals surface area (Å²) in [4.78, 5) is -0.0951. The third-order valence-corrected chi connectivity index (χ3v) is 4.45. The molecule has 0 aliphatic carbocycles. The lowest BCUT2D eigenvalue weighted by Gasteiger charge is -2.22. The predicted molar refractivity (Wildman–Crippen MR) is 80.3 cm³/mol. The zero-order valence-corrected chi connectivity index (χ0v) is 13.2. The number of sulfonamides is 1. The van der Waals surface area contributed by atoms with E-state index in [9.17, 15) is 18.5 Å². The first-order valence-corrected chi connectivity index (χ1v) is 8.08. The summed E-state index contributed by atoms with van der Waals surface area (Å²) >= 11 is 0. The Morgan fingerprint density at radius 3 is 2.30 bits per heavy atom. The van der Waals surface area contributed by atoms with Crippen LogP contribution in [0.2, 0.25) is 0 Å². The molecule has 1 rings (SSSR count). The molecule has 0 saturated heterocycles. The Balaban J connectivity index is 3.30. The molecule has 7 heteroatoms. The molecule has 0 heterocycles. The second kappa shape index (κ2) is 6.26. The second-order valence-electron chi connectivity index (χ2n) is 5.85. The molecule has 0 unspecified atom stereocenters. The number of aryl methyl sites for hydroxylation is 1. The first kappa shape index (κ1) is 17.2. The van der Waals surface area contributed by atoms with Gasteiger partial charge >= 0.3 is 7.12 Å². The fraction of sp³-hybridized carbons (Fsp3) is 0.538. The molecule has 0 amide bonds. The van der Waals surface area contributed by atoms with Crippen molar-refractivity contribution in [3.8, 4) is 0 Å². The summed E-state index contributed by atoms with van der Waals surface area (Å²) in [6.07, 6.45) is 1.65. The van der Waals surface area contributed by atoms with Crippen LogP contribution in [0, 0.1) is 0 Å². The van der Waals surface area contributed by atoms with E-state index in [-0.39, 0.29) is 10.4 Å². The lowest BCUT2D eigenvalue weighted by molar-refractivity contribution is 0.424. The minimum absolute atomic E-state index is 0.00713. The maximum absolute atomic E-state index is 12.3. The third kappa shape index (κ3) is 4.59. The van der Waals surface area contributed by atoms with E-state index in [0.717, 1.165) is 18.4 Å². The Hall–Kier alpha value is -0.885. The largest absolute Gasteiger partial charge is 0.489 e. The predicted octanol–water partition coefficient (Wildman–Crippen LogP) is 0.396. The van der Waals surface area contributed by atoms with Crippen LogP contribution in [0.5, 0.6) is 0 Å².